The fourth-order valence-electron chi connectivity index (χ4n) is 2.99. The molecule has 2 saturated heterocycles. The third-order valence-electron chi connectivity index (χ3n) is 4.19. The predicted molar refractivity (Wildman–Crippen MR) is 68.7 cm³/mol. The standard InChI is InChI=1S/C13H27N3/c1-12-3-6-16(13(2)11-12)10-9-15-7-4-14-5-8-15/h12-14H,3-11H2,1-2H3. The molecule has 2 heterocycles. The number of piperazine rings is 1. The number of hydrogen-bond acceptors (Lipinski definition) is 3. The van der Waals surface area contributed by atoms with Crippen LogP contribution < -0.4 is 5.32 Å². The van der Waals surface area contributed by atoms with Crippen LogP contribution in [0.4, 0.5) is 0 Å². The van der Waals surface area contributed by atoms with Crippen LogP contribution in [0.15, 0.2) is 0 Å². The molecule has 94 valence electrons. The van der Waals surface area contributed by atoms with Crippen LogP contribution in [0.2, 0.25) is 0 Å². The topological polar surface area (TPSA) is 18.5 Å². The fourth-order valence-corrected chi connectivity index (χ4v) is 2.99. The number of nitrogens with one attached hydrogen (secondary N) is 1. The van der Waals surface area contributed by atoms with Gasteiger partial charge in [0, 0.05) is 45.3 Å². The van der Waals surface area contributed by atoms with E-state index in [1.807, 2.05) is 0 Å². The maximum atomic E-state index is 3.41. The summed E-state index contributed by atoms with van der Waals surface area (Å²) in [6, 6.07) is 0.798. The van der Waals surface area contributed by atoms with Crippen LogP contribution in [0.5, 0.6) is 0 Å². The minimum absolute atomic E-state index is 0.798. The van der Waals surface area contributed by atoms with E-state index in [1.54, 1.807) is 0 Å². The third-order valence-corrected chi connectivity index (χ3v) is 4.19. The van der Waals surface area contributed by atoms with Gasteiger partial charge in [-0.1, -0.05) is 6.92 Å². The predicted octanol–water partition coefficient (Wildman–Crippen LogP) is 1.01. The molecule has 1 N–H and O–H groups in total. The first-order chi connectivity index (χ1) is 7.75. The molecular weight excluding hydrogens is 198 g/mol. The van der Waals surface area contributed by atoms with Gasteiger partial charge < -0.3 is 5.32 Å². The Kier molecular flexibility index (Phi) is 4.62. The SMILES string of the molecule is CC1CCN(CCN2CCNCC2)C(C)C1. The average molecular weight is 225 g/mol. The lowest BCUT2D eigenvalue weighted by Gasteiger charge is -2.38. The van der Waals surface area contributed by atoms with Gasteiger partial charge in [0.05, 0.1) is 0 Å². The summed E-state index contributed by atoms with van der Waals surface area (Å²) in [5.74, 6) is 0.936. The van der Waals surface area contributed by atoms with Crippen LogP contribution in [0.25, 0.3) is 0 Å². The van der Waals surface area contributed by atoms with E-state index in [0.29, 0.717) is 0 Å². The zero-order valence-corrected chi connectivity index (χ0v) is 10.9. The summed E-state index contributed by atoms with van der Waals surface area (Å²) in [4.78, 5) is 5.28. The van der Waals surface area contributed by atoms with E-state index in [-0.39, 0.29) is 0 Å². The molecule has 0 radical (unpaired) electrons. The summed E-state index contributed by atoms with van der Waals surface area (Å²) in [6.45, 7) is 13.5. The highest BCUT2D eigenvalue weighted by molar-refractivity contribution is 4.78. The Balaban J connectivity index is 1.68. The maximum Gasteiger partial charge on any atom is 0.0112 e. The van der Waals surface area contributed by atoms with Crippen molar-refractivity contribution in [3.8, 4) is 0 Å². The van der Waals surface area contributed by atoms with E-state index in [2.05, 4.69) is 29.0 Å². The number of piperidine rings is 1. The molecular formula is C13H27N3. The van der Waals surface area contributed by atoms with Crippen molar-refractivity contribution >= 4 is 0 Å². The van der Waals surface area contributed by atoms with Crippen molar-refractivity contribution in [1.82, 2.24) is 15.1 Å². The Bertz CT molecular complexity index is 201. The molecule has 0 aliphatic carbocycles. The highest BCUT2D eigenvalue weighted by Crippen LogP contribution is 2.21. The smallest absolute Gasteiger partial charge is 0.0112 e. The van der Waals surface area contributed by atoms with Gasteiger partial charge >= 0.3 is 0 Å². The van der Waals surface area contributed by atoms with E-state index in [9.17, 15) is 0 Å². The first kappa shape index (κ1) is 12.3. The minimum atomic E-state index is 0.798. The van der Waals surface area contributed by atoms with E-state index in [0.717, 1.165) is 12.0 Å². The first-order valence-corrected chi connectivity index (χ1v) is 6.93. The van der Waals surface area contributed by atoms with E-state index < -0.39 is 0 Å². The molecule has 3 nitrogen and oxygen atoms in total. The van der Waals surface area contributed by atoms with E-state index in [4.69, 9.17) is 0 Å². The molecule has 0 aromatic carbocycles. The van der Waals surface area contributed by atoms with Gasteiger partial charge in [-0.2, -0.15) is 0 Å². The van der Waals surface area contributed by atoms with E-state index in [1.165, 1.54) is 58.7 Å². The summed E-state index contributed by atoms with van der Waals surface area (Å²) in [6.07, 6.45) is 2.79. The van der Waals surface area contributed by atoms with Crippen LogP contribution in [-0.4, -0.2) is 61.7 Å². The van der Waals surface area contributed by atoms with Gasteiger partial charge in [0.15, 0.2) is 0 Å². The van der Waals surface area contributed by atoms with Crippen molar-refractivity contribution in [2.45, 2.75) is 32.7 Å². The van der Waals surface area contributed by atoms with Crippen molar-refractivity contribution in [3.05, 3.63) is 0 Å². The molecule has 2 fully saturated rings. The van der Waals surface area contributed by atoms with Crippen molar-refractivity contribution in [3.63, 3.8) is 0 Å². The fraction of sp³-hybridized carbons (Fsp3) is 1.00. The van der Waals surface area contributed by atoms with Gasteiger partial charge in [0.1, 0.15) is 0 Å². The Morgan fingerprint density at radius 1 is 1.06 bits per heavy atom. The largest absolute Gasteiger partial charge is 0.314 e. The normalized spacial score (nSPS) is 34.1. The molecule has 2 unspecified atom stereocenters. The summed E-state index contributed by atoms with van der Waals surface area (Å²) in [7, 11) is 0. The third kappa shape index (κ3) is 3.44. The van der Waals surface area contributed by atoms with Crippen LogP contribution in [-0.2, 0) is 0 Å². The van der Waals surface area contributed by atoms with Gasteiger partial charge in [-0.05, 0) is 32.2 Å². The lowest BCUT2D eigenvalue weighted by atomic mass is 9.93. The second-order valence-corrected chi connectivity index (χ2v) is 5.61. The van der Waals surface area contributed by atoms with Crippen molar-refractivity contribution in [2.24, 2.45) is 5.92 Å². The lowest BCUT2D eigenvalue weighted by molar-refractivity contribution is 0.108. The number of rotatable bonds is 3. The highest BCUT2D eigenvalue weighted by Gasteiger charge is 2.22. The second kappa shape index (κ2) is 5.99. The van der Waals surface area contributed by atoms with Crippen LogP contribution in [0.3, 0.4) is 0 Å². The lowest BCUT2D eigenvalue weighted by Crippen LogP contribution is -2.48. The van der Waals surface area contributed by atoms with E-state index >= 15 is 0 Å². The van der Waals surface area contributed by atoms with Crippen molar-refractivity contribution in [1.29, 1.82) is 0 Å². The molecule has 2 atom stereocenters. The summed E-state index contributed by atoms with van der Waals surface area (Å²) >= 11 is 0. The van der Waals surface area contributed by atoms with Crippen LogP contribution in [0, 0.1) is 5.92 Å². The Morgan fingerprint density at radius 3 is 2.50 bits per heavy atom. The zero-order valence-electron chi connectivity index (χ0n) is 10.9. The Labute approximate surface area is 100 Å². The molecule has 2 rings (SSSR count). The minimum Gasteiger partial charge on any atom is -0.314 e. The number of nitrogens with zero attached hydrogens (tertiary/aromatic N) is 2. The summed E-state index contributed by atoms with van der Waals surface area (Å²) in [5.41, 5.74) is 0. The molecule has 0 bridgehead atoms. The molecule has 0 amide bonds. The molecule has 3 heteroatoms. The number of likely N-dealkylation sites (tertiary alicyclic amines) is 1. The van der Waals surface area contributed by atoms with Gasteiger partial charge in [0.2, 0.25) is 0 Å². The quantitative estimate of drug-likeness (QED) is 0.773. The maximum absolute atomic E-state index is 3.41. The molecule has 0 aromatic heterocycles. The molecule has 0 spiro atoms. The van der Waals surface area contributed by atoms with Gasteiger partial charge in [0.25, 0.3) is 0 Å². The average Bonchev–Trinajstić information content (AvgIpc) is 2.29. The molecule has 16 heavy (non-hydrogen) atoms. The highest BCUT2D eigenvalue weighted by atomic mass is 15.2. The molecule has 0 aromatic rings. The molecule has 2 aliphatic heterocycles. The van der Waals surface area contributed by atoms with Gasteiger partial charge in [-0.25, -0.2) is 0 Å². The summed E-state index contributed by atoms with van der Waals surface area (Å²) in [5, 5.41) is 3.41. The molecule has 2 aliphatic rings. The van der Waals surface area contributed by atoms with Crippen LogP contribution in [0.1, 0.15) is 26.7 Å². The second-order valence-electron chi connectivity index (χ2n) is 5.61. The Morgan fingerprint density at radius 2 is 1.81 bits per heavy atom. The van der Waals surface area contributed by atoms with Crippen molar-refractivity contribution in [2.75, 3.05) is 45.8 Å². The molecule has 0 saturated carbocycles. The Hall–Kier alpha value is -0.120. The van der Waals surface area contributed by atoms with Gasteiger partial charge in [-0.15, -0.1) is 0 Å². The first-order valence-electron chi connectivity index (χ1n) is 6.93. The summed E-state index contributed by atoms with van der Waals surface area (Å²) < 4.78 is 0. The number of hydrogen-bond donors (Lipinski definition) is 1. The van der Waals surface area contributed by atoms with Crippen LogP contribution >= 0.6 is 0 Å². The zero-order chi connectivity index (χ0) is 11.4. The van der Waals surface area contributed by atoms with Gasteiger partial charge in [-0.3, -0.25) is 9.80 Å². The monoisotopic (exact) mass is 225 g/mol. The van der Waals surface area contributed by atoms with Crippen molar-refractivity contribution < 1.29 is 0 Å².